The first-order valence-electron chi connectivity index (χ1n) is 11.2. The molecule has 0 radical (unpaired) electrons. The molecular formula is C24H25N7O4. The summed E-state index contributed by atoms with van der Waals surface area (Å²) in [6.45, 7) is 2.69. The van der Waals surface area contributed by atoms with Crippen molar-refractivity contribution in [3.05, 3.63) is 60.6 Å². The number of fused-ring (bicyclic) bond motifs is 2. The highest BCUT2D eigenvalue weighted by atomic mass is 16.7. The Kier molecular flexibility index (Phi) is 6.62. The molecule has 180 valence electrons. The molecule has 0 spiro atoms. The molecule has 1 unspecified atom stereocenters. The fraction of sp³-hybridized carbons (Fsp3) is 0.292. The van der Waals surface area contributed by atoms with Gasteiger partial charge in [0.1, 0.15) is 11.6 Å². The van der Waals surface area contributed by atoms with E-state index in [-0.39, 0.29) is 0 Å². The third-order valence-electron chi connectivity index (χ3n) is 5.79. The minimum absolute atomic E-state index is 0.420. The van der Waals surface area contributed by atoms with Crippen LogP contribution in [-0.4, -0.2) is 80.9 Å². The number of rotatable bonds is 6. The molecule has 1 aliphatic rings. The maximum absolute atomic E-state index is 12.5. The van der Waals surface area contributed by atoms with Crippen molar-refractivity contribution in [2.24, 2.45) is 0 Å². The molecule has 1 amide bonds. The van der Waals surface area contributed by atoms with E-state index in [4.69, 9.17) is 9.57 Å². The molecule has 3 aromatic heterocycles. The Morgan fingerprint density at radius 2 is 1.83 bits per heavy atom. The number of benzene rings is 1. The quantitative estimate of drug-likeness (QED) is 0.429. The van der Waals surface area contributed by atoms with E-state index in [0.29, 0.717) is 61.0 Å². The summed E-state index contributed by atoms with van der Waals surface area (Å²) in [6, 6.07) is 12.7. The van der Waals surface area contributed by atoms with E-state index in [1.165, 1.54) is 7.11 Å². The summed E-state index contributed by atoms with van der Waals surface area (Å²) in [6.07, 6.45) is 1.84. The Morgan fingerprint density at radius 1 is 1.03 bits per heavy atom. The Labute approximate surface area is 201 Å². The van der Waals surface area contributed by atoms with Gasteiger partial charge in [-0.25, -0.2) is 14.8 Å². The van der Waals surface area contributed by atoms with Gasteiger partial charge in [0.2, 0.25) is 5.88 Å². The number of β-amino-alcohol motifs (C(OH)–C–C–N with tert-alkyl or cyclic N) is 1. The van der Waals surface area contributed by atoms with Gasteiger partial charge in [-0.2, -0.15) is 0 Å². The minimum atomic E-state index is -0.757. The Bertz CT molecular complexity index is 1340. The van der Waals surface area contributed by atoms with Crippen molar-refractivity contribution in [3.63, 3.8) is 0 Å². The summed E-state index contributed by atoms with van der Waals surface area (Å²) in [5.41, 5.74) is 3.71. The van der Waals surface area contributed by atoms with E-state index in [2.05, 4.69) is 30.2 Å². The molecule has 1 aromatic carbocycles. The standard InChI is InChI=1S/C24H25N7O4/c1-34-22-7-6-18-23(29-22)19(8-9-25-18)28-24(33)35-31-12-10-30(11-13-31)15-21(32)20-14-26-16-4-2-3-5-17(16)27-20/h2-9,14,21,32H,10-13,15H2,1H3,(H,25,28,33). The van der Waals surface area contributed by atoms with Crippen molar-refractivity contribution in [3.8, 4) is 5.88 Å². The smallest absolute Gasteiger partial charge is 0.430 e. The fourth-order valence-electron chi connectivity index (χ4n) is 3.95. The monoisotopic (exact) mass is 475 g/mol. The average molecular weight is 476 g/mol. The van der Waals surface area contributed by atoms with Crippen LogP contribution in [0.2, 0.25) is 0 Å². The van der Waals surface area contributed by atoms with Crippen LogP contribution in [0.1, 0.15) is 11.8 Å². The number of aliphatic hydroxyl groups is 1. The fourth-order valence-corrected chi connectivity index (χ4v) is 3.95. The summed E-state index contributed by atoms with van der Waals surface area (Å²) in [5.74, 6) is 0.426. The zero-order valence-electron chi connectivity index (χ0n) is 19.2. The summed E-state index contributed by atoms with van der Waals surface area (Å²) < 4.78 is 5.17. The number of amides is 1. The van der Waals surface area contributed by atoms with Crippen LogP contribution in [0.4, 0.5) is 10.5 Å². The van der Waals surface area contributed by atoms with E-state index in [0.717, 1.165) is 11.0 Å². The molecule has 1 fully saturated rings. The lowest BCUT2D eigenvalue weighted by Gasteiger charge is -2.34. The second-order valence-electron chi connectivity index (χ2n) is 8.11. The maximum atomic E-state index is 12.5. The largest absolute Gasteiger partial charge is 0.481 e. The van der Waals surface area contributed by atoms with E-state index in [1.807, 2.05) is 24.3 Å². The maximum Gasteiger partial charge on any atom is 0.430 e. The van der Waals surface area contributed by atoms with Crippen LogP contribution in [0.25, 0.3) is 22.1 Å². The number of para-hydroxylation sites is 2. The highest BCUT2D eigenvalue weighted by Gasteiger charge is 2.23. The average Bonchev–Trinajstić information content (AvgIpc) is 2.89. The third-order valence-corrected chi connectivity index (χ3v) is 5.79. The van der Waals surface area contributed by atoms with Gasteiger partial charge in [-0.05, 0) is 24.3 Å². The molecule has 11 heteroatoms. The number of carbonyl (C=O) groups is 1. The lowest BCUT2D eigenvalue weighted by molar-refractivity contribution is -0.120. The summed E-state index contributed by atoms with van der Waals surface area (Å²) >= 11 is 0. The topological polar surface area (TPSA) is 126 Å². The molecule has 0 saturated carbocycles. The number of methoxy groups -OCH3 is 1. The predicted octanol–water partition coefficient (Wildman–Crippen LogP) is 2.40. The van der Waals surface area contributed by atoms with E-state index < -0.39 is 12.2 Å². The minimum Gasteiger partial charge on any atom is -0.481 e. The number of piperazine rings is 1. The Morgan fingerprint density at radius 3 is 2.63 bits per heavy atom. The molecule has 0 bridgehead atoms. The Balaban J connectivity index is 1.14. The van der Waals surface area contributed by atoms with E-state index in [1.54, 1.807) is 35.7 Å². The number of hydrogen-bond donors (Lipinski definition) is 2. The van der Waals surface area contributed by atoms with Crippen LogP contribution in [0.5, 0.6) is 5.88 Å². The van der Waals surface area contributed by atoms with Crippen molar-refractivity contribution >= 4 is 33.8 Å². The lowest BCUT2D eigenvalue weighted by Crippen LogP contribution is -2.48. The number of nitrogens with one attached hydrogen (secondary N) is 1. The van der Waals surface area contributed by atoms with Crippen LogP contribution in [-0.2, 0) is 4.84 Å². The summed E-state index contributed by atoms with van der Waals surface area (Å²) in [7, 11) is 1.53. The molecular weight excluding hydrogens is 450 g/mol. The highest BCUT2D eigenvalue weighted by Crippen LogP contribution is 2.22. The number of hydrogen-bond acceptors (Lipinski definition) is 10. The second kappa shape index (κ2) is 10.1. The number of aliphatic hydroxyl groups excluding tert-OH is 1. The van der Waals surface area contributed by atoms with E-state index >= 15 is 0 Å². The first kappa shape index (κ1) is 22.8. The van der Waals surface area contributed by atoms with Crippen LogP contribution in [0, 0.1) is 0 Å². The van der Waals surface area contributed by atoms with Crippen molar-refractivity contribution in [1.29, 1.82) is 0 Å². The SMILES string of the molecule is COc1ccc2nccc(NC(=O)ON3CCN(CC(O)c4cnc5ccccc5n4)CC3)c2n1. The van der Waals surface area contributed by atoms with Crippen molar-refractivity contribution in [2.75, 3.05) is 45.2 Å². The zero-order chi connectivity index (χ0) is 24.2. The third kappa shape index (κ3) is 5.27. The summed E-state index contributed by atoms with van der Waals surface area (Å²) in [4.78, 5) is 37.6. The van der Waals surface area contributed by atoms with Crippen molar-refractivity contribution < 1.29 is 19.5 Å². The normalized spacial score (nSPS) is 15.7. The van der Waals surface area contributed by atoms with Crippen molar-refractivity contribution in [1.82, 2.24) is 29.9 Å². The highest BCUT2D eigenvalue weighted by molar-refractivity contribution is 5.96. The van der Waals surface area contributed by atoms with E-state index in [9.17, 15) is 9.90 Å². The van der Waals surface area contributed by atoms with Gasteiger partial charge in [0.05, 0.1) is 41.2 Å². The van der Waals surface area contributed by atoms with Gasteiger partial charge in [0, 0.05) is 45.0 Å². The lowest BCUT2D eigenvalue weighted by atomic mass is 10.2. The molecule has 1 atom stereocenters. The number of hydroxylamine groups is 2. The predicted molar refractivity (Wildman–Crippen MR) is 129 cm³/mol. The molecule has 4 heterocycles. The molecule has 5 rings (SSSR count). The molecule has 0 aliphatic carbocycles. The summed E-state index contributed by atoms with van der Waals surface area (Å²) in [5, 5.41) is 15.0. The number of carbonyl (C=O) groups excluding carboxylic acids is 1. The number of aromatic nitrogens is 4. The number of ether oxygens (including phenoxy) is 1. The second-order valence-corrected chi connectivity index (χ2v) is 8.11. The molecule has 2 N–H and O–H groups in total. The van der Waals surface area contributed by atoms with Gasteiger partial charge >= 0.3 is 6.09 Å². The van der Waals surface area contributed by atoms with Gasteiger partial charge in [0.15, 0.2) is 0 Å². The molecule has 4 aromatic rings. The van der Waals surface area contributed by atoms with Gasteiger partial charge in [-0.15, -0.1) is 5.06 Å². The van der Waals surface area contributed by atoms with Gasteiger partial charge < -0.3 is 14.7 Å². The first-order valence-corrected chi connectivity index (χ1v) is 11.2. The van der Waals surface area contributed by atoms with Gasteiger partial charge in [-0.3, -0.25) is 20.2 Å². The number of pyridine rings is 2. The number of nitrogens with zero attached hydrogens (tertiary/aromatic N) is 6. The first-order chi connectivity index (χ1) is 17.1. The molecule has 1 aliphatic heterocycles. The number of anilines is 1. The van der Waals surface area contributed by atoms with Crippen LogP contribution in [0.3, 0.4) is 0 Å². The molecule has 11 nitrogen and oxygen atoms in total. The molecule has 35 heavy (non-hydrogen) atoms. The van der Waals surface area contributed by atoms with Crippen LogP contribution in [0.15, 0.2) is 54.9 Å². The Hall–Kier alpha value is -3.93. The van der Waals surface area contributed by atoms with Crippen molar-refractivity contribution in [2.45, 2.75) is 6.10 Å². The molecule has 1 saturated heterocycles. The van der Waals surface area contributed by atoms with Gasteiger partial charge in [-0.1, -0.05) is 12.1 Å². The van der Waals surface area contributed by atoms with Gasteiger partial charge in [0.25, 0.3) is 0 Å². The van der Waals surface area contributed by atoms with Crippen LogP contribution >= 0.6 is 0 Å². The zero-order valence-corrected chi connectivity index (χ0v) is 19.2. The van der Waals surface area contributed by atoms with Crippen LogP contribution < -0.4 is 10.1 Å².